The molecule has 1 aliphatic carbocycles. The van der Waals surface area contributed by atoms with E-state index in [4.69, 9.17) is 0 Å². The molecule has 3 aliphatic rings. The molecular weight excluding hydrogens is 368 g/mol. The van der Waals surface area contributed by atoms with Crippen molar-refractivity contribution in [2.75, 3.05) is 19.6 Å². The van der Waals surface area contributed by atoms with E-state index in [0.29, 0.717) is 31.8 Å². The number of aromatic nitrogens is 4. The molecule has 3 heterocycles. The Morgan fingerprint density at radius 1 is 1.14 bits per heavy atom. The number of tetrazole rings is 1. The number of fused-ring (bicyclic) bond motifs is 1. The second-order valence-electron chi connectivity index (χ2n) is 8.74. The summed E-state index contributed by atoms with van der Waals surface area (Å²) in [6, 6.07) is 8.46. The SMILES string of the molecule is O=C(Cn1cnnn1)N1CCC2(CC1)Cc1ccccc1CN(CC1CC1)C2=O. The van der Waals surface area contributed by atoms with Gasteiger partial charge in [0.2, 0.25) is 11.8 Å². The van der Waals surface area contributed by atoms with Crippen molar-refractivity contribution in [1.29, 1.82) is 0 Å². The van der Waals surface area contributed by atoms with E-state index in [1.165, 1.54) is 35.0 Å². The molecule has 5 rings (SSSR count). The summed E-state index contributed by atoms with van der Waals surface area (Å²) >= 11 is 0. The number of hydrogen-bond donors (Lipinski definition) is 0. The van der Waals surface area contributed by atoms with Crippen molar-refractivity contribution in [2.24, 2.45) is 11.3 Å². The van der Waals surface area contributed by atoms with Gasteiger partial charge in [-0.1, -0.05) is 24.3 Å². The molecule has 1 saturated carbocycles. The van der Waals surface area contributed by atoms with Crippen molar-refractivity contribution in [2.45, 2.75) is 45.2 Å². The Bertz CT molecular complexity index is 900. The van der Waals surface area contributed by atoms with Crippen LogP contribution >= 0.6 is 0 Å². The maximum atomic E-state index is 13.7. The Hall–Kier alpha value is -2.77. The van der Waals surface area contributed by atoms with Crippen LogP contribution < -0.4 is 0 Å². The first-order valence-electron chi connectivity index (χ1n) is 10.5. The van der Waals surface area contributed by atoms with Gasteiger partial charge in [0.1, 0.15) is 12.9 Å². The predicted octanol–water partition coefficient (Wildman–Crippen LogP) is 1.28. The largest absolute Gasteiger partial charge is 0.341 e. The lowest BCUT2D eigenvalue weighted by atomic mass is 9.73. The van der Waals surface area contributed by atoms with Crippen LogP contribution in [0.1, 0.15) is 36.8 Å². The van der Waals surface area contributed by atoms with E-state index in [2.05, 4.69) is 44.7 Å². The standard InChI is InChI=1S/C21H26N6O2/c28-19(14-27-15-22-23-24-27)25-9-7-21(8-10-25)11-17-3-1-2-4-18(17)13-26(20(21)29)12-16-5-6-16/h1-4,15-16H,5-14H2. The Kier molecular flexibility index (Phi) is 4.56. The third kappa shape index (κ3) is 3.63. The van der Waals surface area contributed by atoms with Crippen LogP contribution in [0, 0.1) is 11.3 Å². The molecule has 29 heavy (non-hydrogen) atoms. The van der Waals surface area contributed by atoms with E-state index in [0.717, 1.165) is 19.5 Å². The fourth-order valence-electron chi connectivity index (χ4n) is 4.76. The van der Waals surface area contributed by atoms with Gasteiger partial charge in [0, 0.05) is 26.2 Å². The summed E-state index contributed by atoms with van der Waals surface area (Å²) in [6.07, 6.45) is 6.12. The third-order valence-electron chi connectivity index (χ3n) is 6.69. The molecule has 1 aromatic carbocycles. The molecule has 0 unspecified atom stereocenters. The number of likely N-dealkylation sites (tertiary alicyclic amines) is 1. The molecule has 1 spiro atoms. The second-order valence-corrected chi connectivity index (χ2v) is 8.74. The maximum Gasteiger partial charge on any atom is 0.244 e. The molecule has 1 aromatic heterocycles. The highest BCUT2D eigenvalue weighted by atomic mass is 16.2. The monoisotopic (exact) mass is 394 g/mol. The number of rotatable bonds is 4. The van der Waals surface area contributed by atoms with Crippen molar-refractivity contribution in [3.63, 3.8) is 0 Å². The maximum absolute atomic E-state index is 13.7. The van der Waals surface area contributed by atoms with Gasteiger partial charge >= 0.3 is 0 Å². The highest BCUT2D eigenvalue weighted by Gasteiger charge is 2.47. The molecule has 8 heteroatoms. The van der Waals surface area contributed by atoms with Crippen molar-refractivity contribution in [3.8, 4) is 0 Å². The van der Waals surface area contributed by atoms with Gasteiger partial charge in [-0.2, -0.15) is 0 Å². The Balaban J connectivity index is 1.34. The summed E-state index contributed by atoms with van der Waals surface area (Å²) in [4.78, 5) is 30.2. The number of nitrogens with zero attached hydrogens (tertiary/aromatic N) is 6. The highest BCUT2D eigenvalue weighted by molar-refractivity contribution is 5.85. The van der Waals surface area contributed by atoms with Gasteiger partial charge in [-0.3, -0.25) is 9.59 Å². The van der Waals surface area contributed by atoms with Crippen molar-refractivity contribution in [3.05, 3.63) is 41.7 Å². The van der Waals surface area contributed by atoms with Crippen molar-refractivity contribution in [1.82, 2.24) is 30.0 Å². The minimum absolute atomic E-state index is 0.00320. The molecule has 0 bridgehead atoms. The topological polar surface area (TPSA) is 84.2 Å². The molecule has 2 aromatic rings. The van der Waals surface area contributed by atoms with Crippen LogP contribution in [0.3, 0.4) is 0 Å². The first-order chi connectivity index (χ1) is 14.1. The summed E-state index contributed by atoms with van der Waals surface area (Å²) < 4.78 is 1.44. The minimum atomic E-state index is -0.396. The number of hydrogen-bond acceptors (Lipinski definition) is 5. The van der Waals surface area contributed by atoms with E-state index < -0.39 is 5.41 Å². The molecule has 2 aliphatic heterocycles. The average molecular weight is 394 g/mol. The van der Waals surface area contributed by atoms with Crippen LogP contribution in [-0.2, 0) is 29.1 Å². The first-order valence-corrected chi connectivity index (χ1v) is 10.5. The summed E-state index contributed by atoms with van der Waals surface area (Å²) in [5.74, 6) is 0.954. The molecular formula is C21H26N6O2. The minimum Gasteiger partial charge on any atom is -0.341 e. The molecule has 0 N–H and O–H groups in total. The van der Waals surface area contributed by atoms with Gasteiger partial charge in [-0.05, 0) is 59.6 Å². The molecule has 1 saturated heterocycles. The summed E-state index contributed by atoms with van der Waals surface area (Å²) in [7, 11) is 0. The van der Waals surface area contributed by atoms with Gasteiger partial charge < -0.3 is 9.80 Å². The lowest BCUT2D eigenvalue weighted by Gasteiger charge is -2.42. The van der Waals surface area contributed by atoms with Gasteiger partial charge in [0.25, 0.3) is 0 Å². The van der Waals surface area contributed by atoms with Crippen LogP contribution in [0.5, 0.6) is 0 Å². The van der Waals surface area contributed by atoms with Crippen LogP contribution in [0.15, 0.2) is 30.6 Å². The third-order valence-corrected chi connectivity index (χ3v) is 6.69. The molecule has 2 amide bonds. The van der Waals surface area contributed by atoms with Gasteiger partial charge in [-0.15, -0.1) is 5.10 Å². The average Bonchev–Trinajstić information content (AvgIpc) is 3.43. The number of carbonyl (C=O) groups excluding carboxylic acids is 2. The molecule has 0 atom stereocenters. The van der Waals surface area contributed by atoms with Gasteiger partial charge in [0.05, 0.1) is 5.41 Å². The second kappa shape index (κ2) is 7.24. The molecule has 8 nitrogen and oxygen atoms in total. The lowest BCUT2D eigenvalue weighted by Crippen LogP contribution is -2.52. The zero-order valence-electron chi connectivity index (χ0n) is 16.5. The summed E-state index contributed by atoms with van der Waals surface area (Å²) in [5, 5.41) is 10.9. The van der Waals surface area contributed by atoms with E-state index in [1.54, 1.807) is 0 Å². The zero-order chi connectivity index (χ0) is 19.8. The Morgan fingerprint density at radius 2 is 1.90 bits per heavy atom. The lowest BCUT2D eigenvalue weighted by molar-refractivity contribution is -0.149. The van der Waals surface area contributed by atoms with E-state index in [9.17, 15) is 9.59 Å². The van der Waals surface area contributed by atoms with Gasteiger partial charge in [0.15, 0.2) is 0 Å². The van der Waals surface area contributed by atoms with E-state index in [1.807, 2.05) is 4.90 Å². The summed E-state index contributed by atoms with van der Waals surface area (Å²) in [6.45, 7) is 2.94. The fraction of sp³-hybridized carbons (Fsp3) is 0.571. The Morgan fingerprint density at radius 3 is 2.59 bits per heavy atom. The zero-order valence-corrected chi connectivity index (χ0v) is 16.5. The van der Waals surface area contributed by atoms with Crippen LogP contribution in [-0.4, -0.2) is 61.5 Å². The van der Waals surface area contributed by atoms with Crippen LogP contribution in [0.2, 0.25) is 0 Å². The van der Waals surface area contributed by atoms with E-state index in [-0.39, 0.29) is 18.4 Å². The molecule has 152 valence electrons. The Labute approximate surface area is 169 Å². The smallest absolute Gasteiger partial charge is 0.244 e. The molecule has 0 radical (unpaired) electrons. The first kappa shape index (κ1) is 18.3. The highest BCUT2D eigenvalue weighted by Crippen LogP contribution is 2.42. The number of benzene rings is 1. The van der Waals surface area contributed by atoms with Gasteiger partial charge in [-0.25, -0.2) is 4.68 Å². The number of carbonyl (C=O) groups is 2. The predicted molar refractivity (Wildman–Crippen MR) is 104 cm³/mol. The van der Waals surface area contributed by atoms with E-state index >= 15 is 0 Å². The summed E-state index contributed by atoms with van der Waals surface area (Å²) in [5.41, 5.74) is 2.16. The fourth-order valence-corrected chi connectivity index (χ4v) is 4.76. The van der Waals surface area contributed by atoms with Crippen molar-refractivity contribution < 1.29 is 9.59 Å². The molecule has 2 fully saturated rings. The van der Waals surface area contributed by atoms with Crippen molar-refractivity contribution >= 4 is 11.8 Å². The normalized spacial score (nSPS) is 21.2. The van der Waals surface area contributed by atoms with Crippen LogP contribution in [0.25, 0.3) is 0 Å². The van der Waals surface area contributed by atoms with Crippen LogP contribution in [0.4, 0.5) is 0 Å². The quantitative estimate of drug-likeness (QED) is 0.780. The number of piperidine rings is 1. The number of amides is 2.